The summed E-state index contributed by atoms with van der Waals surface area (Å²) in [5, 5.41) is 3.18. The second-order valence-corrected chi connectivity index (χ2v) is 6.64. The molecule has 2 N–H and O–H groups in total. The molecule has 3 aromatic rings. The molecule has 0 bridgehead atoms. The van der Waals surface area contributed by atoms with Gasteiger partial charge < -0.3 is 15.0 Å². The van der Waals surface area contributed by atoms with E-state index in [9.17, 15) is 4.79 Å². The van der Waals surface area contributed by atoms with Crippen LogP contribution in [0, 0.1) is 6.92 Å². The minimum atomic E-state index is -0.281. The fourth-order valence-electron chi connectivity index (χ4n) is 2.97. The topological polar surface area (TPSA) is 79.4 Å². The van der Waals surface area contributed by atoms with Crippen LogP contribution in [0.4, 0.5) is 0 Å². The maximum Gasteiger partial charge on any atom is 0.256 e. The molecule has 0 aliphatic carbocycles. The van der Waals surface area contributed by atoms with Crippen molar-refractivity contribution in [2.45, 2.75) is 6.92 Å². The molecule has 0 saturated heterocycles. The number of benzene rings is 2. The number of methoxy groups -OCH3 is 1. The van der Waals surface area contributed by atoms with Crippen molar-refractivity contribution in [1.29, 1.82) is 0 Å². The lowest BCUT2D eigenvalue weighted by molar-refractivity contribution is 0.0977. The normalized spacial score (nSPS) is 13.4. The monoisotopic (exact) mass is 380 g/mol. The van der Waals surface area contributed by atoms with Crippen molar-refractivity contribution in [3.63, 3.8) is 0 Å². The van der Waals surface area contributed by atoms with Crippen molar-refractivity contribution in [2.75, 3.05) is 13.7 Å². The van der Waals surface area contributed by atoms with Gasteiger partial charge in [-0.15, -0.1) is 0 Å². The Hall–Kier alpha value is -3.12. The van der Waals surface area contributed by atoms with Crippen LogP contribution in [-0.4, -0.2) is 35.4 Å². The first-order chi connectivity index (χ1) is 13.0. The summed E-state index contributed by atoms with van der Waals surface area (Å²) < 4.78 is 5.10. The number of hydrogen-bond donors (Lipinski definition) is 2. The van der Waals surface area contributed by atoms with Gasteiger partial charge in [-0.3, -0.25) is 9.79 Å². The molecule has 6 nitrogen and oxygen atoms in total. The number of amides is 1. The van der Waals surface area contributed by atoms with Gasteiger partial charge in [-0.05, 0) is 42.8 Å². The highest BCUT2D eigenvalue weighted by Gasteiger charge is 2.17. The van der Waals surface area contributed by atoms with Crippen LogP contribution in [0.3, 0.4) is 0 Å². The lowest BCUT2D eigenvalue weighted by atomic mass is 10.2. The zero-order valence-corrected chi connectivity index (χ0v) is 15.6. The van der Waals surface area contributed by atoms with Crippen LogP contribution < -0.4 is 10.1 Å². The molecule has 0 spiro atoms. The van der Waals surface area contributed by atoms with Crippen LogP contribution in [0.5, 0.6) is 5.75 Å². The van der Waals surface area contributed by atoms with Gasteiger partial charge in [0.2, 0.25) is 0 Å². The number of imidazole rings is 1. The van der Waals surface area contributed by atoms with Gasteiger partial charge in [-0.25, -0.2) is 4.98 Å². The molecule has 0 atom stereocenters. The number of aromatic nitrogens is 2. The van der Waals surface area contributed by atoms with Gasteiger partial charge in [0.25, 0.3) is 5.91 Å². The SMILES string of the molecule is COc1ccc(C(=O)NC2=NCC(c3nc4c(C)cccc4[nH]3)=C2)cc1Cl. The number of halogens is 1. The van der Waals surface area contributed by atoms with E-state index in [4.69, 9.17) is 16.3 Å². The van der Waals surface area contributed by atoms with Crippen molar-refractivity contribution in [1.82, 2.24) is 15.3 Å². The first-order valence-corrected chi connectivity index (χ1v) is 8.78. The van der Waals surface area contributed by atoms with Crippen LogP contribution in [0.1, 0.15) is 21.7 Å². The van der Waals surface area contributed by atoms with E-state index in [0.717, 1.165) is 28.0 Å². The van der Waals surface area contributed by atoms with Crippen molar-refractivity contribution >= 4 is 40.0 Å². The molecule has 0 radical (unpaired) electrons. The number of para-hydroxylation sites is 1. The van der Waals surface area contributed by atoms with Gasteiger partial charge in [0.1, 0.15) is 17.4 Å². The number of aliphatic imine (C=N–C) groups is 1. The maximum atomic E-state index is 12.4. The number of H-pyrrole nitrogens is 1. The summed E-state index contributed by atoms with van der Waals surface area (Å²) in [6.45, 7) is 2.48. The molecule has 1 amide bonds. The number of aryl methyl sites for hydroxylation is 1. The number of carbonyl (C=O) groups excluding carboxylic acids is 1. The quantitative estimate of drug-likeness (QED) is 0.726. The molecule has 4 rings (SSSR count). The highest BCUT2D eigenvalue weighted by molar-refractivity contribution is 6.32. The minimum Gasteiger partial charge on any atom is -0.495 e. The van der Waals surface area contributed by atoms with E-state index < -0.39 is 0 Å². The second kappa shape index (κ2) is 6.89. The molecular weight excluding hydrogens is 364 g/mol. The Kier molecular flexibility index (Phi) is 4.41. The molecule has 0 saturated carbocycles. The van der Waals surface area contributed by atoms with Crippen LogP contribution in [-0.2, 0) is 0 Å². The van der Waals surface area contributed by atoms with Crippen LogP contribution in [0.15, 0.2) is 47.5 Å². The van der Waals surface area contributed by atoms with Gasteiger partial charge in [-0.1, -0.05) is 23.7 Å². The number of hydrogen-bond acceptors (Lipinski definition) is 4. The van der Waals surface area contributed by atoms with Gasteiger partial charge in [0.15, 0.2) is 0 Å². The predicted octanol–water partition coefficient (Wildman–Crippen LogP) is 3.76. The average Bonchev–Trinajstić information content (AvgIpc) is 3.29. The maximum absolute atomic E-state index is 12.4. The molecule has 2 heterocycles. The highest BCUT2D eigenvalue weighted by Crippen LogP contribution is 2.25. The minimum absolute atomic E-state index is 0.281. The molecule has 1 aromatic heterocycles. The van der Waals surface area contributed by atoms with Crippen LogP contribution >= 0.6 is 11.6 Å². The Labute approximate surface area is 160 Å². The number of amidine groups is 1. The van der Waals surface area contributed by atoms with Gasteiger partial charge in [-0.2, -0.15) is 0 Å². The Bertz CT molecular complexity index is 1110. The van der Waals surface area contributed by atoms with E-state index in [1.54, 1.807) is 18.2 Å². The van der Waals surface area contributed by atoms with E-state index in [1.807, 2.05) is 31.2 Å². The van der Waals surface area contributed by atoms with E-state index in [-0.39, 0.29) is 5.91 Å². The zero-order valence-electron chi connectivity index (χ0n) is 14.8. The summed E-state index contributed by atoms with van der Waals surface area (Å²) in [6.07, 6.45) is 1.83. The Morgan fingerprint density at radius 2 is 2.15 bits per heavy atom. The predicted molar refractivity (Wildman–Crippen MR) is 107 cm³/mol. The van der Waals surface area contributed by atoms with E-state index >= 15 is 0 Å². The Morgan fingerprint density at radius 1 is 1.30 bits per heavy atom. The van der Waals surface area contributed by atoms with Crippen molar-refractivity contribution in [3.8, 4) is 5.75 Å². The average molecular weight is 381 g/mol. The van der Waals surface area contributed by atoms with E-state index in [1.165, 1.54) is 7.11 Å². The van der Waals surface area contributed by atoms with Gasteiger partial charge in [0, 0.05) is 11.1 Å². The van der Waals surface area contributed by atoms with Crippen molar-refractivity contribution < 1.29 is 9.53 Å². The summed E-state index contributed by atoms with van der Waals surface area (Å²) >= 11 is 6.09. The number of nitrogens with zero attached hydrogens (tertiary/aromatic N) is 2. The van der Waals surface area contributed by atoms with Crippen molar-refractivity contribution in [3.05, 3.63) is 64.4 Å². The first kappa shape index (κ1) is 17.3. The van der Waals surface area contributed by atoms with Crippen LogP contribution in [0.25, 0.3) is 16.6 Å². The molecule has 1 aliphatic rings. The summed E-state index contributed by atoms with van der Waals surface area (Å²) in [5.41, 5.74) is 4.40. The molecule has 0 unspecified atom stereocenters. The Morgan fingerprint density at radius 3 is 2.89 bits per heavy atom. The molecule has 136 valence electrons. The molecule has 2 aromatic carbocycles. The van der Waals surface area contributed by atoms with E-state index in [2.05, 4.69) is 20.3 Å². The third-order valence-electron chi connectivity index (χ3n) is 4.40. The molecular formula is C20H17ClN4O2. The van der Waals surface area contributed by atoms with Crippen LogP contribution in [0.2, 0.25) is 5.02 Å². The Balaban J connectivity index is 1.52. The van der Waals surface area contributed by atoms with Crippen molar-refractivity contribution in [2.24, 2.45) is 4.99 Å². The largest absolute Gasteiger partial charge is 0.495 e. The lowest BCUT2D eigenvalue weighted by Gasteiger charge is -2.06. The molecule has 27 heavy (non-hydrogen) atoms. The number of carbonyl (C=O) groups is 1. The lowest BCUT2D eigenvalue weighted by Crippen LogP contribution is -2.28. The smallest absolute Gasteiger partial charge is 0.256 e. The molecule has 7 heteroatoms. The third-order valence-corrected chi connectivity index (χ3v) is 4.70. The number of nitrogens with one attached hydrogen (secondary N) is 2. The zero-order chi connectivity index (χ0) is 19.0. The first-order valence-electron chi connectivity index (χ1n) is 8.41. The summed E-state index contributed by atoms with van der Waals surface area (Å²) in [6, 6.07) is 10.9. The molecule has 1 aliphatic heterocycles. The summed E-state index contributed by atoms with van der Waals surface area (Å²) in [4.78, 5) is 24.8. The number of aromatic amines is 1. The fourth-order valence-corrected chi connectivity index (χ4v) is 3.23. The third kappa shape index (κ3) is 3.31. The summed E-state index contributed by atoms with van der Waals surface area (Å²) in [7, 11) is 1.53. The number of rotatable bonds is 3. The number of ether oxygens (including phenoxy) is 1. The standard InChI is InChI=1S/C20H17ClN4O2/c1-11-4-3-5-15-18(11)25-19(23-15)13-9-17(22-10-13)24-20(26)12-6-7-16(27-2)14(21)8-12/h3-9H,10H2,1-2H3,(H,23,25)(H,22,24,26). The van der Waals surface area contributed by atoms with Gasteiger partial charge in [0.05, 0.1) is 29.7 Å². The highest BCUT2D eigenvalue weighted by atomic mass is 35.5. The summed E-state index contributed by atoms with van der Waals surface area (Å²) in [5.74, 6) is 1.50. The second-order valence-electron chi connectivity index (χ2n) is 6.23. The van der Waals surface area contributed by atoms with E-state index in [0.29, 0.717) is 28.7 Å². The molecule has 0 fully saturated rings. The fraction of sp³-hybridized carbons (Fsp3) is 0.150. The van der Waals surface area contributed by atoms with Gasteiger partial charge >= 0.3 is 0 Å². The number of fused-ring (bicyclic) bond motifs is 1.